The zero-order valence-corrected chi connectivity index (χ0v) is 30.9. The number of hydrogen-bond acceptors (Lipinski definition) is 14. The Balaban J connectivity index is 1.17. The molecule has 15 nitrogen and oxygen atoms in total. The third kappa shape index (κ3) is 8.90. The van der Waals surface area contributed by atoms with Crippen LogP contribution < -0.4 is 20.8 Å². The quantitative estimate of drug-likeness (QED) is 0.0345. The highest BCUT2D eigenvalue weighted by atomic mass is 32.2. The number of phenols is 1. The van der Waals surface area contributed by atoms with Gasteiger partial charge in [0.2, 0.25) is 0 Å². The molecule has 0 saturated heterocycles. The van der Waals surface area contributed by atoms with Crippen LogP contribution in [0.2, 0.25) is 0 Å². The van der Waals surface area contributed by atoms with Crippen LogP contribution in [0, 0.1) is 20.8 Å². The van der Waals surface area contributed by atoms with Gasteiger partial charge in [0.25, 0.3) is 10.1 Å². The van der Waals surface area contributed by atoms with Gasteiger partial charge in [0.15, 0.2) is 11.5 Å². The Morgan fingerprint density at radius 2 is 1.24 bits per heavy atom. The molecule has 0 aliphatic heterocycles. The molecule has 6 N–H and O–H groups in total. The summed E-state index contributed by atoms with van der Waals surface area (Å²) in [6.45, 7) is 5.08. The number of ether oxygens (including phenoxy) is 1. The summed E-state index contributed by atoms with van der Waals surface area (Å²) in [5.41, 5.74) is 14.6. The number of aryl methyl sites for hydroxylation is 3. The first-order chi connectivity index (χ1) is 26.3. The molecule has 0 spiro atoms. The smallest absolute Gasteiger partial charge is 0.296 e. The number of nitrogens with two attached hydrogens (primary N) is 1. The minimum absolute atomic E-state index is 0.0108. The average Bonchev–Trinajstić information content (AvgIpc) is 3.17. The Morgan fingerprint density at radius 1 is 0.673 bits per heavy atom. The van der Waals surface area contributed by atoms with Crippen LogP contribution in [0.25, 0.3) is 10.8 Å². The van der Waals surface area contributed by atoms with Crippen LogP contribution >= 0.6 is 0 Å². The standard InChI is InChI=1S/C39H36N8O7S/c1-22-16-34(44-46-36-17-24(3)35(20-37(36)53-4)45-41-31-13-5-25(21-48)18-38(31)55(50,51)52)23(2)15-33(22)43-42-32-14-6-26-19-28(9-12-30(26)39(32)49)47-54-29-10-7-27(40)8-11-29/h5-20,47-49H,21,40H2,1-4H3,(H,50,51,52). The zero-order valence-electron chi connectivity index (χ0n) is 30.1. The molecule has 55 heavy (non-hydrogen) atoms. The van der Waals surface area contributed by atoms with Crippen molar-refractivity contribution in [1.82, 2.24) is 0 Å². The number of azo groups is 3. The second kappa shape index (κ2) is 16.1. The highest BCUT2D eigenvalue weighted by Gasteiger charge is 2.17. The zero-order chi connectivity index (χ0) is 39.3. The van der Waals surface area contributed by atoms with Crippen LogP contribution in [0.3, 0.4) is 0 Å². The molecule has 0 fully saturated rings. The largest absolute Gasteiger partial charge is 0.505 e. The van der Waals surface area contributed by atoms with Crippen LogP contribution in [-0.2, 0) is 16.7 Å². The summed E-state index contributed by atoms with van der Waals surface area (Å²) < 4.78 is 39.0. The van der Waals surface area contributed by atoms with Crippen molar-refractivity contribution in [2.24, 2.45) is 30.7 Å². The van der Waals surface area contributed by atoms with Crippen LogP contribution in [0.5, 0.6) is 17.2 Å². The summed E-state index contributed by atoms with van der Waals surface area (Å²) in [6, 6.07) is 26.8. The number of aliphatic hydroxyl groups is 1. The first-order valence-corrected chi connectivity index (χ1v) is 18.1. The number of fused-ring (bicyclic) bond motifs is 1. The van der Waals surface area contributed by atoms with E-state index in [1.165, 1.54) is 19.2 Å². The van der Waals surface area contributed by atoms with E-state index in [1.54, 1.807) is 61.5 Å². The van der Waals surface area contributed by atoms with E-state index in [-0.39, 0.29) is 17.0 Å². The van der Waals surface area contributed by atoms with Crippen molar-refractivity contribution in [1.29, 1.82) is 0 Å². The maximum absolute atomic E-state index is 11.9. The SMILES string of the molecule is COc1cc(N=Nc2ccc(CO)cc2S(=O)(=O)O)c(C)cc1N=Nc1cc(C)c(N=Nc2ccc3cc(NOc4ccc(N)cc4)ccc3c2O)cc1C. The van der Waals surface area contributed by atoms with Crippen molar-refractivity contribution in [3.63, 3.8) is 0 Å². The monoisotopic (exact) mass is 760 g/mol. The fourth-order valence-corrected chi connectivity index (χ4v) is 6.06. The molecule has 16 heteroatoms. The molecule has 6 aromatic carbocycles. The molecule has 0 aromatic heterocycles. The van der Waals surface area contributed by atoms with Crippen LogP contribution in [-0.4, -0.2) is 30.3 Å². The maximum Gasteiger partial charge on any atom is 0.296 e. The fraction of sp³-hybridized carbons (Fsp3) is 0.128. The summed E-state index contributed by atoms with van der Waals surface area (Å²) >= 11 is 0. The molecule has 0 saturated carbocycles. The predicted octanol–water partition coefficient (Wildman–Crippen LogP) is 10.5. The highest BCUT2D eigenvalue weighted by Crippen LogP contribution is 2.40. The van der Waals surface area contributed by atoms with E-state index in [2.05, 4.69) is 36.2 Å². The number of nitrogens with zero attached hydrogens (tertiary/aromatic N) is 6. The van der Waals surface area contributed by atoms with Gasteiger partial charge in [-0.05, 0) is 127 Å². The summed E-state index contributed by atoms with van der Waals surface area (Å²) in [5.74, 6) is 0.925. The maximum atomic E-state index is 11.9. The molecule has 0 radical (unpaired) electrons. The van der Waals surface area contributed by atoms with Crippen molar-refractivity contribution in [2.75, 3.05) is 18.3 Å². The lowest BCUT2D eigenvalue weighted by atomic mass is 10.1. The number of nitrogens with one attached hydrogen (secondary N) is 1. The van der Waals surface area contributed by atoms with E-state index in [0.29, 0.717) is 62.3 Å². The van der Waals surface area contributed by atoms with Gasteiger partial charge in [0.1, 0.15) is 27.7 Å². The second-order valence-corrected chi connectivity index (χ2v) is 13.8. The lowest BCUT2D eigenvalue weighted by Crippen LogP contribution is -2.04. The van der Waals surface area contributed by atoms with E-state index < -0.39 is 21.6 Å². The number of nitrogen functional groups attached to an aromatic ring is 1. The van der Waals surface area contributed by atoms with E-state index in [0.717, 1.165) is 22.6 Å². The molecule has 0 aliphatic rings. The van der Waals surface area contributed by atoms with Gasteiger partial charge in [-0.1, -0.05) is 12.1 Å². The first kappa shape index (κ1) is 38.0. The van der Waals surface area contributed by atoms with Crippen molar-refractivity contribution in [3.05, 3.63) is 119 Å². The minimum atomic E-state index is -4.62. The molecule has 0 amide bonds. The average molecular weight is 761 g/mol. The molecule has 0 unspecified atom stereocenters. The lowest BCUT2D eigenvalue weighted by Gasteiger charge is -2.10. The van der Waals surface area contributed by atoms with E-state index in [4.69, 9.17) is 15.3 Å². The molecule has 0 aliphatic carbocycles. The minimum Gasteiger partial charge on any atom is -0.505 e. The van der Waals surface area contributed by atoms with Gasteiger partial charge in [-0.15, -0.1) is 15.3 Å². The molecule has 0 bridgehead atoms. The molecule has 6 aromatic rings. The highest BCUT2D eigenvalue weighted by molar-refractivity contribution is 7.86. The fourth-order valence-electron chi connectivity index (χ4n) is 5.38. The summed E-state index contributed by atoms with van der Waals surface area (Å²) in [7, 11) is -3.16. The van der Waals surface area contributed by atoms with E-state index in [1.807, 2.05) is 38.1 Å². The van der Waals surface area contributed by atoms with Gasteiger partial charge in [-0.2, -0.15) is 23.8 Å². The van der Waals surface area contributed by atoms with Gasteiger partial charge in [0, 0.05) is 17.1 Å². The number of hydrogen-bond donors (Lipinski definition) is 5. The number of methoxy groups -OCH3 is 1. The van der Waals surface area contributed by atoms with Crippen molar-refractivity contribution in [2.45, 2.75) is 32.3 Å². The number of anilines is 2. The lowest BCUT2D eigenvalue weighted by molar-refractivity contribution is 0.281. The third-order valence-electron chi connectivity index (χ3n) is 8.43. The Morgan fingerprint density at radius 3 is 1.85 bits per heavy atom. The first-order valence-electron chi connectivity index (χ1n) is 16.6. The molecular formula is C39H36N8O7S. The summed E-state index contributed by atoms with van der Waals surface area (Å²) in [5, 5.41) is 47.6. The Kier molecular flexibility index (Phi) is 11.1. The van der Waals surface area contributed by atoms with Crippen LogP contribution in [0.15, 0.2) is 133 Å². The van der Waals surface area contributed by atoms with Crippen molar-refractivity contribution < 1.29 is 32.8 Å². The Labute approximate surface area is 316 Å². The van der Waals surface area contributed by atoms with Gasteiger partial charge in [0.05, 0.1) is 36.5 Å². The van der Waals surface area contributed by atoms with Crippen LogP contribution in [0.4, 0.5) is 45.5 Å². The van der Waals surface area contributed by atoms with Crippen molar-refractivity contribution in [3.8, 4) is 17.2 Å². The molecule has 0 atom stereocenters. The van der Waals surface area contributed by atoms with Gasteiger partial charge >= 0.3 is 0 Å². The number of rotatable bonds is 12. The topological polar surface area (TPSA) is 226 Å². The Hall–Kier alpha value is -6.75. The van der Waals surface area contributed by atoms with Gasteiger partial charge < -0.3 is 25.5 Å². The molecule has 6 rings (SSSR count). The molecule has 0 heterocycles. The number of aliphatic hydroxyl groups excluding tert-OH is 1. The Bertz CT molecular complexity index is 2610. The van der Waals surface area contributed by atoms with E-state index >= 15 is 0 Å². The third-order valence-corrected chi connectivity index (χ3v) is 9.31. The van der Waals surface area contributed by atoms with Gasteiger partial charge in [-0.3, -0.25) is 4.55 Å². The predicted molar refractivity (Wildman–Crippen MR) is 209 cm³/mol. The van der Waals surface area contributed by atoms with E-state index in [9.17, 15) is 23.2 Å². The summed E-state index contributed by atoms with van der Waals surface area (Å²) in [4.78, 5) is 5.13. The number of phenolic OH excluding ortho intramolecular Hbond substituents is 1. The van der Waals surface area contributed by atoms with Crippen molar-refractivity contribution >= 4 is 66.4 Å². The normalized spacial score (nSPS) is 12.0. The van der Waals surface area contributed by atoms with Crippen LogP contribution in [0.1, 0.15) is 22.3 Å². The summed E-state index contributed by atoms with van der Waals surface area (Å²) in [6.07, 6.45) is 0. The molecular weight excluding hydrogens is 725 g/mol. The van der Waals surface area contributed by atoms with Gasteiger partial charge in [-0.25, -0.2) is 5.48 Å². The number of aromatic hydroxyl groups is 1. The number of benzene rings is 6. The second-order valence-electron chi connectivity index (χ2n) is 12.4. The molecule has 280 valence electrons.